The first-order valence-electron chi connectivity index (χ1n) is 16.3. The third-order valence-corrected chi connectivity index (χ3v) is 13.9. The van der Waals surface area contributed by atoms with E-state index in [9.17, 15) is 21.4 Å². The minimum Gasteiger partial charge on any atom is -0.379 e. The Morgan fingerprint density at radius 3 is 1.68 bits per heavy atom. The molecule has 6 bridgehead atoms. The second-order valence-electron chi connectivity index (χ2n) is 14.1. The van der Waals surface area contributed by atoms with Crippen molar-refractivity contribution in [3.8, 4) is 5.75 Å². The Hall–Kier alpha value is -2.02. The molecule has 0 amide bonds. The molecular weight excluding hydrogens is 604 g/mol. The molecule has 0 spiro atoms. The highest BCUT2D eigenvalue weighted by atomic mass is 32.2. The maximum Gasteiger partial charge on any atom is 0.339 e. The average Bonchev–Trinajstić information content (AvgIpc) is 3.85. The second-order valence-corrected chi connectivity index (χ2v) is 16.9. The van der Waals surface area contributed by atoms with Gasteiger partial charge in [0.15, 0.2) is 0 Å². The van der Waals surface area contributed by atoms with Crippen molar-refractivity contribution < 1.29 is 39.8 Å². The summed E-state index contributed by atoms with van der Waals surface area (Å²) in [6.45, 7) is 0. The van der Waals surface area contributed by atoms with E-state index in [0.29, 0.717) is 30.4 Å². The zero-order valence-corrected chi connectivity index (χ0v) is 26.2. The molecule has 2 aromatic rings. The summed E-state index contributed by atoms with van der Waals surface area (Å²) >= 11 is 0. The molecule has 9 nitrogen and oxygen atoms in total. The van der Waals surface area contributed by atoms with Crippen molar-refractivity contribution in [1.82, 2.24) is 0 Å². The molecule has 0 saturated carbocycles. The lowest BCUT2D eigenvalue weighted by Gasteiger charge is -2.30. The highest BCUT2D eigenvalue weighted by molar-refractivity contribution is 7.87. The van der Waals surface area contributed by atoms with Gasteiger partial charge < -0.3 is 18.4 Å². The largest absolute Gasteiger partial charge is 0.379 e. The topological polar surface area (TPSA) is 125 Å². The standard InChI is InChI=1S/C33H38O9S2/c34-43(35,36)32-11-10-31(21-2-1-3-22(21)32)42-44(37,38)33-26(24-15-19-5-8-29(24)40-19)12-17(23-14-18-4-7-28(23)39-18)13-27(33)25-16-20-6-9-30(25)41-20/h10-13,18-20,23-25,28-30H,1-9,14-16H2,(H,34,35,36). The van der Waals surface area contributed by atoms with E-state index in [-0.39, 0.29) is 69.9 Å². The Kier molecular flexibility index (Phi) is 6.41. The van der Waals surface area contributed by atoms with Crippen LogP contribution < -0.4 is 4.18 Å². The van der Waals surface area contributed by atoms with Gasteiger partial charge in [0.05, 0.1) is 41.5 Å². The normalized spacial score (nSPS) is 36.9. The predicted molar refractivity (Wildman–Crippen MR) is 158 cm³/mol. The molecule has 2 aromatic carbocycles. The maximum atomic E-state index is 14.7. The van der Waals surface area contributed by atoms with Crippen LogP contribution in [0.4, 0.5) is 0 Å². The van der Waals surface area contributed by atoms with Gasteiger partial charge in [0.25, 0.3) is 10.1 Å². The zero-order chi connectivity index (χ0) is 30.0. The number of rotatable bonds is 7. The third kappa shape index (κ3) is 4.44. The Morgan fingerprint density at radius 1 is 0.682 bits per heavy atom. The van der Waals surface area contributed by atoms with E-state index in [2.05, 4.69) is 12.1 Å². The van der Waals surface area contributed by atoms with Gasteiger partial charge in [0.1, 0.15) is 10.6 Å². The lowest BCUT2D eigenvalue weighted by atomic mass is 9.76. The van der Waals surface area contributed by atoms with Crippen LogP contribution in [0.3, 0.4) is 0 Å². The molecule has 9 rings (SSSR count). The zero-order valence-electron chi connectivity index (χ0n) is 24.5. The van der Waals surface area contributed by atoms with Gasteiger partial charge in [-0.1, -0.05) is 12.1 Å². The first kappa shape index (κ1) is 28.2. The minimum absolute atomic E-state index is 0.0251. The number of hydrogen-bond acceptors (Lipinski definition) is 8. The van der Waals surface area contributed by atoms with E-state index < -0.39 is 20.2 Å². The molecule has 1 N–H and O–H groups in total. The molecule has 7 aliphatic rings. The smallest absolute Gasteiger partial charge is 0.339 e. The Balaban J connectivity index is 1.20. The Labute approximate surface area is 258 Å². The lowest BCUT2D eigenvalue weighted by Crippen LogP contribution is -2.26. The molecule has 6 fully saturated rings. The van der Waals surface area contributed by atoms with Crippen LogP contribution in [0.25, 0.3) is 0 Å². The summed E-state index contributed by atoms with van der Waals surface area (Å²) in [5.41, 5.74) is 3.72. The van der Waals surface area contributed by atoms with Gasteiger partial charge in [-0.15, -0.1) is 0 Å². The molecule has 1 aliphatic carbocycles. The molecule has 6 heterocycles. The fourth-order valence-electron chi connectivity index (χ4n) is 9.79. The molecule has 6 aliphatic heterocycles. The molecule has 44 heavy (non-hydrogen) atoms. The van der Waals surface area contributed by atoms with Crippen molar-refractivity contribution in [2.24, 2.45) is 0 Å². The third-order valence-electron chi connectivity index (χ3n) is 11.6. The molecule has 11 heteroatoms. The first-order valence-corrected chi connectivity index (χ1v) is 19.2. The van der Waals surface area contributed by atoms with Crippen LogP contribution in [0.15, 0.2) is 34.1 Å². The number of ether oxygens (including phenoxy) is 3. The summed E-state index contributed by atoms with van der Waals surface area (Å²) in [7, 11) is -8.80. The minimum atomic E-state index is -4.45. The molecule has 236 valence electrons. The first-order chi connectivity index (χ1) is 21.1. The Morgan fingerprint density at radius 2 is 1.20 bits per heavy atom. The van der Waals surface area contributed by atoms with Gasteiger partial charge in [-0.25, -0.2) is 0 Å². The van der Waals surface area contributed by atoms with Gasteiger partial charge in [0.2, 0.25) is 0 Å². The van der Waals surface area contributed by atoms with Crippen LogP contribution in [0.5, 0.6) is 5.75 Å². The van der Waals surface area contributed by atoms with Crippen LogP contribution in [-0.2, 0) is 47.3 Å². The maximum absolute atomic E-state index is 14.7. The molecule has 0 aromatic heterocycles. The molecule has 9 atom stereocenters. The predicted octanol–water partition coefficient (Wildman–Crippen LogP) is 5.29. The van der Waals surface area contributed by atoms with Gasteiger partial charge in [-0.05, 0) is 111 Å². The second kappa shape index (κ2) is 9.99. The van der Waals surface area contributed by atoms with Gasteiger partial charge >= 0.3 is 10.1 Å². The van der Waals surface area contributed by atoms with Crippen LogP contribution >= 0.6 is 0 Å². The summed E-state index contributed by atoms with van der Waals surface area (Å²) in [6, 6.07) is 6.90. The van der Waals surface area contributed by atoms with Crippen molar-refractivity contribution in [2.75, 3.05) is 0 Å². The molecule has 6 saturated heterocycles. The summed E-state index contributed by atoms with van der Waals surface area (Å²) in [4.78, 5) is 0.0741. The van der Waals surface area contributed by atoms with E-state index in [1.54, 1.807) is 0 Å². The van der Waals surface area contributed by atoms with Crippen LogP contribution in [0, 0.1) is 0 Å². The summed E-state index contributed by atoms with van der Waals surface area (Å²) in [5.74, 6) is 0.278. The number of fused-ring (bicyclic) bond motifs is 7. The van der Waals surface area contributed by atoms with Gasteiger partial charge in [0, 0.05) is 23.3 Å². The van der Waals surface area contributed by atoms with Crippen molar-refractivity contribution >= 4 is 20.2 Å². The highest BCUT2D eigenvalue weighted by Crippen LogP contribution is 2.53. The quantitative estimate of drug-likeness (QED) is 0.317. The monoisotopic (exact) mass is 642 g/mol. The number of hydrogen-bond donors (Lipinski definition) is 1. The van der Waals surface area contributed by atoms with E-state index in [1.165, 1.54) is 12.1 Å². The van der Waals surface area contributed by atoms with E-state index in [1.807, 2.05) is 0 Å². The van der Waals surface area contributed by atoms with Crippen LogP contribution in [0.1, 0.15) is 110 Å². The number of benzene rings is 2. The fourth-order valence-corrected chi connectivity index (χ4v) is 12.0. The van der Waals surface area contributed by atoms with Gasteiger partial charge in [-0.2, -0.15) is 16.8 Å². The van der Waals surface area contributed by atoms with Crippen molar-refractivity contribution in [3.63, 3.8) is 0 Å². The Bertz CT molecular complexity index is 1700. The molecular formula is C33H38O9S2. The van der Waals surface area contributed by atoms with E-state index >= 15 is 0 Å². The van der Waals surface area contributed by atoms with Crippen molar-refractivity contribution in [3.05, 3.63) is 52.1 Å². The van der Waals surface area contributed by atoms with Crippen LogP contribution in [-0.4, -0.2) is 58.0 Å². The average molecular weight is 643 g/mol. The molecule has 0 radical (unpaired) electrons. The van der Waals surface area contributed by atoms with Gasteiger partial charge in [-0.3, -0.25) is 4.55 Å². The van der Waals surface area contributed by atoms with Crippen molar-refractivity contribution in [2.45, 2.75) is 141 Å². The molecule has 9 unspecified atom stereocenters. The summed E-state index contributed by atoms with van der Waals surface area (Å²) < 4.78 is 88.3. The fraction of sp³-hybridized carbons (Fsp3) is 0.636. The van der Waals surface area contributed by atoms with Crippen molar-refractivity contribution in [1.29, 1.82) is 0 Å². The van der Waals surface area contributed by atoms with Crippen LogP contribution in [0.2, 0.25) is 0 Å². The van der Waals surface area contributed by atoms with E-state index in [4.69, 9.17) is 18.4 Å². The summed E-state index contributed by atoms with van der Waals surface area (Å²) in [5, 5.41) is 0. The SMILES string of the molecule is O=S(=O)(O)c1ccc(OS(=O)(=O)c2c(C3CC4CCC3O4)cc(C3CC4CCC3O4)cc2C2CC3CCC2O3)c2c1CCC2. The summed E-state index contributed by atoms with van der Waals surface area (Å²) in [6.07, 6.45) is 10.7. The highest BCUT2D eigenvalue weighted by Gasteiger charge is 2.49. The lowest BCUT2D eigenvalue weighted by molar-refractivity contribution is 0.0996. The van der Waals surface area contributed by atoms with E-state index in [0.717, 1.165) is 74.5 Å².